The molecular weight excluding hydrogens is 290 g/mol. The van der Waals surface area contributed by atoms with Crippen LogP contribution in [-0.2, 0) is 6.42 Å². The van der Waals surface area contributed by atoms with Crippen molar-refractivity contribution >= 4 is 22.6 Å². The molecule has 2 aromatic carbocycles. The minimum atomic E-state index is -0.607. The van der Waals surface area contributed by atoms with Gasteiger partial charge in [0.15, 0.2) is 5.17 Å². The highest BCUT2D eigenvalue weighted by molar-refractivity contribution is 8.14. The van der Waals surface area contributed by atoms with Gasteiger partial charge in [0, 0.05) is 11.8 Å². The van der Waals surface area contributed by atoms with E-state index in [9.17, 15) is 8.78 Å². The maximum atomic E-state index is 13.6. The predicted octanol–water partition coefficient (Wildman–Crippen LogP) is 4.09. The number of aliphatic imine (C=N–C) groups is 1. The number of nitrogens with one attached hydrogen (secondary N) is 1. The minimum absolute atomic E-state index is 0.184. The van der Waals surface area contributed by atoms with Gasteiger partial charge < -0.3 is 5.32 Å². The lowest BCUT2D eigenvalue weighted by atomic mass is 10.1. The van der Waals surface area contributed by atoms with E-state index in [0.717, 1.165) is 18.2 Å². The fourth-order valence-electron chi connectivity index (χ4n) is 2.18. The zero-order chi connectivity index (χ0) is 14.7. The van der Waals surface area contributed by atoms with Crippen molar-refractivity contribution in [3.8, 4) is 0 Å². The van der Waals surface area contributed by atoms with Crippen molar-refractivity contribution in [1.82, 2.24) is 0 Å². The van der Waals surface area contributed by atoms with Crippen molar-refractivity contribution in [1.29, 1.82) is 0 Å². The lowest BCUT2D eigenvalue weighted by Gasteiger charge is -2.06. The minimum Gasteiger partial charge on any atom is -0.333 e. The Bertz CT molecular complexity index is 659. The standard InChI is InChI=1S/C16H14F2N2S/c17-12-6-7-15(14(18)9-12)20-16-19-13(10-21-16)8-11-4-2-1-3-5-11/h1-7,9,13H,8,10H2,(H,19,20). The molecule has 3 rings (SSSR count). The molecule has 1 aliphatic heterocycles. The zero-order valence-electron chi connectivity index (χ0n) is 11.2. The molecule has 5 heteroatoms. The molecule has 0 radical (unpaired) electrons. The molecule has 1 heterocycles. The molecule has 2 nitrogen and oxygen atoms in total. The Kier molecular flexibility index (Phi) is 4.20. The molecule has 1 atom stereocenters. The van der Waals surface area contributed by atoms with Crippen molar-refractivity contribution in [2.45, 2.75) is 12.5 Å². The van der Waals surface area contributed by atoms with Crippen LogP contribution < -0.4 is 5.32 Å². The molecule has 21 heavy (non-hydrogen) atoms. The number of amidine groups is 1. The van der Waals surface area contributed by atoms with Crippen molar-refractivity contribution in [2.24, 2.45) is 4.99 Å². The van der Waals surface area contributed by atoms with Crippen LogP contribution in [0, 0.1) is 11.6 Å². The topological polar surface area (TPSA) is 24.4 Å². The molecule has 1 unspecified atom stereocenters. The van der Waals surface area contributed by atoms with E-state index in [1.54, 1.807) is 11.8 Å². The summed E-state index contributed by atoms with van der Waals surface area (Å²) in [7, 11) is 0. The fourth-order valence-corrected chi connectivity index (χ4v) is 3.13. The molecule has 1 aliphatic rings. The molecule has 0 saturated heterocycles. The number of benzene rings is 2. The van der Waals surface area contributed by atoms with Gasteiger partial charge in [-0.15, -0.1) is 0 Å². The summed E-state index contributed by atoms with van der Waals surface area (Å²) in [6, 6.07) is 13.8. The molecule has 0 saturated carbocycles. The van der Waals surface area contributed by atoms with Gasteiger partial charge in [0.1, 0.15) is 11.6 Å². The van der Waals surface area contributed by atoms with Crippen molar-refractivity contribution in [2.75, 3.05) is 11.1 Å². The summed E-state index contributed by atoms with van der Waals surface area (Å²) in [4.78, 5) is 4.55. The van der Waals surface area contributed by atoms with Crippen molar-refractivity contribution in [3.63, 3.8) is 0 Å². The van der Waals surface area contributed by atoms with Crippen LogP contribution in [0.2, 0.25) is 0 Å². The molecule has 0 fully saturated rings. The molecule has 0 spiro atoms. The summed E-state index contributed by atoms with van der Waals surface area (Å²) in [6.07, 6.45) is 0.866. The van der Waals surface area contributed by atoms with Gasteiger partial charge in [0.05, 0.1) is 11.7 Å². The average Bonchev–Trinajstić information content (AvgIpc) is 2.90. The zero-order valence-corrected chi connectivity index (χ0v) is 12.0. The molecule has 0 aromatic heterocycles. The number of nitrogens with zero attached hydrogens (tertiary/aromatic N) is 1. The van der Waals surface area contributed by atoms with E-state index in [-0.39, 0.29) is 11.7 Å². The number of hydrogen-bond acceptors (Lipinski definition) is 3. The number of thioether (sulfide) groups is 1. The molecule has 108 valence electrons. The van der Waals surface area contributed by atoms with Crippen LogP contribution in [-0.4, -0.2) is 17.0 Å². The Hall–Kier alpha value is -1.88. The summed E-state index contributed by atoms with van der Waals surface area (Å²) in [5, 5.41) is 3.61. The third-order valence-corrected chi connectivity index (χ3v) is 4.23. The first-order valence-corrected chi connectivity index (χ1v) is 7.66. The second-order valence-corrected chi connectivity index (χ2v) is 5.85. The summed E-state index contributed by atoms with van der Waals surface area (Å²) in [5.41, 5.74) is 1.49. The molecular formula is C16H14F2N2S. The second-order valence-electron chi connectivity index (χ2n) is 4.84. The van der Waals surface area contributed by atoms with Crippen LogP contribution in [0.15, 0.2) is 53.5 Å². The van der Waals surface area contributed by atoms with E-state index in [4.69, 9.17) is 0 Å². The molecule has 0 bridgehead atoms. The van der Waals surface area contributed by atoms with E-state index in [2.05, 4.69) is 22.4 Å². The van der Waals surface area contributed by atoms with Gasteiger partial charge >= 0.3 is 0 Å². The largest absolute Gasteiger partial charge is 0.333 e. The summed E-state index contributed by atoms with van der Waals surface area (Å²) < 4.78 is 26.4. The first-order valence-electron chi connectivity index (χ1n) is 6.67. The number of rotatable bonds is 3. The van der Waals surface area contributed by atoms with Gasteiger partial charge in [0.2, 0.25) is 0 Å². The van der Waals surface area contributed by atoms with Crippen LogP contribution in [0.25, 0.3) is 0 Å². The first-order chi connectivity index (χ1) is 10.2. The number of halogens is 2. The van der Waals surface area contributed by atoms with Crippen LogP contribution in [0.5, 0.6) is 0 Å². The Morgan fingerprint density at radius 1 is 1.14 bits per heavy atom. The highest BCUT2D eigenvalue weighted by Crippen LogP contribution is 2.24. The van der Waals surface area contributed by atoms with Gasteiger partial charge in [-0.2, -0.15) is 0 Å². The molecule has 2 aromatic rings. The quantitative estimate of drug-likeness (QED) is 0.923. The van der Waals surface area contributed by atoms with Crippen LogP contribution in [0.4, 0.5) is 14.5 Å². The number of hydrogen-bond donors (Lipinski definition) is 1. The van der Waals surface area contributed by atoms with Crippen LogP contribution in [0.1, 0.15) is 5.56 Å². The van der Waals surface area contributed by atoms with Crippen LogP contribution >= 0.6 is 11.8 Å². The predicted molar refractivity (Wildman–Crippen MR) is 83.8 cm³/mol. The Labute approximate surface area is 126 Å². The van der Waals surface area contributed by atoms with Crippen LogP contribution in [0.3, 0.4) is 0 Å². The normalized spacial score (nSPS) is 17.6. The smallest absolute Gasteiger partial charge is 0.161 e. The molecule has 0 aliphatic carbocycles. The van der Waals surface area contributed by atoms with Crippen molar-refractivity contribution in [3.05, 3.63) is 65.7 Å². The highest BCUT2D eigenvalue weighted by atomic mass is 32.2. The monoisotopic (exact) mass is 304 g/mol. The average molecular weight is 304 g/mol. The molecule has 0 amide bonds. The Balaban J connectivity index is 1.66. The third kappa shape index (κ3) is 3.61. The summed E-state index contributed by atoms with van der Waals surface area (Å²) in [5.74, 6) is -0.328. The third-order valence-electron chi connectivity index (χ3n) is 3.20. The van der Waals surface area contributed by atoms with Gasteiger partial charge in [0.25, 0.3) is 0 Å². The summed E-state index contributed by atoms with van der Waals surface area (Å²) in [6.45, 7) is 0. The summed E-state index contributed by atoms with van der Waals surface area (Å²) >= 11 is 1.56. The van der Waals surface area contributed by atoms with E-state index in [1.165, 1.54) is 17.7 Å². The maximum Gasteiger partial charge on any atom is 0.161 e. The Morgan fingerprint density at radius 3 is 2.71 bits per heavy atom. The SMILES string of the molecule is Fc1ccc(NC2=NC(Cc3ccccc3)CS2)c(F)c1. The van der Waals surface area contributed by atoms with Gasteiger partial charge in [-0.25, -0.2) is 8.78 Å². The highest BCUT2D eigenvalue weighted by Gasteiger charge is 2.19. The van der Waals surface area contributed by atoms with Gasteiger partial charge in [-0.05, 0) is 24.1 Å². The lowest BCUT2D eigenvalue weighted by molar-refractivity contribution is 0.586. The maximum absolute atomic E-state index is 13.6. The second kappa shape index (κ2) is 6.26. The van der Waals surface area contributed by atoms with Gasteiger partial charge in [-0.3, -0.25) is 4.99 Å². The van der Waals surface area contributed by atoms with E-state index < -0.39 is 11.6 Å². The van der Waals surface area contributed by atoms with E-state index in [0.29, 0.717) is 5.17 Å². The first kappa shape index (κ1) is 14.1. The fraction of sp³-hybridized carbons (Fsp3) is 0.188. The van der Waals surface area contributed by atoms with Gasteiger partial charge in [-0.1, -0.05) is 42.1 Å². The van der Waals surface area contributed by atoms with E-state index in [1.807, 2.05) is 18.2 Å². The lowest BCUT2D eigenvalue weighted by Crippen LogP contribution is -2.09. The molecule has 1 N–H and O–H groups in total. The Morgan fingerprint density at radius 2 is 1.95 bits per heavy atom. The van der Waals surface area contributed by atoms with E-state index >= 15 is 0 Å². The number of anilines is 1. The van der Waals surface area contributed by atoms with Crippen molar-refractivity contribution < 1.29 is 8.78 Å².